The zero-order valence-electron chi connectivity index (χ0n) is 45.8. The van der Waals surface area contributed by atoms with Crippen LogP contribution in [0, 0.1) is 0 Å². The van der Waals surface area contributed by atoms with Crippen molar-refractivity contribution in [2.24, 2.45) is 0 Å². The predicted octanol–water partition coefficient (Wildman–Crippen LogP) is 18.1. The minimum atomic E-state index is -1.23. The molecule has 0 N–H and O–H groups in total. The van der Waals surface area contributed by atoms with Gasteiger partial charge in [0.25, 0.3) is 0 Å². The SMILES string of the molecule is [2H]c1c([2H])c2c3c(c([2H])c([2H])c([2H])c3c1[2H])C1(c3ccccc3-c3ccc(N(c4ccc5c(c4)C4(c6ccccc6-c6ccccc64)c4ccccc4-5)c4ccc5c6ccccc6n(-c6ccccc6)c5c4)cc31)c1ccccc1-2. The standard InChI is InChI=1S/C72H44N2/c1-2-20-46(21-3-1)74-68-35-15-9-27-57(68)58-41-38-49(44-69(58)74)73(47-36-39-55-52-24-6-12-31-62(52)71(66(55)42-47)60-29-10-4-22-50(60)51-23-5-11-30-61(51)71)48-37-40-56-53-25-7-13-32-63(53)72(67(56)43-48)64-33-14-8-26-54(64)59-28-16-18-45-19-17-34-65(72)70(45)59/h1-44H/i16D,17D,18D,19D,28D,34D. The molecule has 74 heavy (non-hydrogen) atoms. The first-order chi connectivity index (χ1) is 39.2. The molecule has 17 rings (SSSR count). The Kier molecular flexibility index (Phi) is 6.84. The van der Waals surface area contributed by atoms with Crippen LogP contribution in [0.15, 0.2) is 267 Å². The van der Waals surface area contributed by atoms with Crippen LogP contribution in [0.5, 0.6) is 0 Å². The first-order valence-corrected chi connectivity index (χ1v) is 25.4. The van der Waals surface area contributed by atoms with Gasteiger partial charge >= 0.3 is 0 Å². The van der Waals surface area contributed by atoms with Crippen molar-refractivity contribution in [3.8, 4) is 50.2 Å². The number of para-hydroxylation sites is 2. The van der Waals surface area contributed by atoms with Gasteiger partial charge in [-0.1, -0.05) is 212 Å². The van der Waals surface area contributed by atoms with E-state index in [-0.39, 0.29) is 41.6 Å². The van der Waals surface area contributed by atoms with Gasteiger partial charge in [-0.25, -0.2) is 0 Å². The monoisotopic (exact) mass is 942 g/mol. The Morgan fingerprint density at radius 2 is 0.730 bits per heavy atom. The molecular weight excluding hydrogens is 893 g/mol. The van der Waals surface area contributed by atoms with Crippen molar-refractivity contribution in [2.45, 2.75) is 10.8 Å². The summed E-state index contributed by atoms with van der Waals surface area (Å²) in [6, 6.07) is 81.2. The average molecular weight is 943 g/mol. The predicted molar refractivity (Wildman–Crippen MR) is 306 cm³/mol. The number of benzene rings is 12. The summed E-state index contributed by atoms with van der Waals surface area (Å²) in [5.74, 6) is 0. The van der Waals surface area contributed by atoms with Crippen molar-refractivity contribution in [1.29, 1.82) is 0 Å². The number of hydrogen-bond acceptors (Lipinski definition) is 1. The largest absolute Gasteiger partial charge is 0.310 e. The Bertz CT molecular complexity index is 4870. The summed E-state index contributed by atoms with van der Waals surface area (Å²) in [5.41, 5.74) is 20.1. The molecule has 1 heterocycles. The second-order valence-electron chi connectivity index (χ2n) is 20.2. The third-order valence-electron chi connectivity index (χ3n) is 16.9. The molecule has 13 aromatic rings. The van der Waals surface area contributed by atoms with Crippen LogP contribution in [0.2, 0.25) is 0 Å². The van der Waals surface area contributed by atoms with Gasteiger partial charge in [0.05, 0.1) is 30.1 Å². The second-order valence-corrected chi connectivity index (χ2v) is 20.2. The Balaban J connectivity index is 0.994. The van der Waals surface area contributed by atoms with Gasteiger partial charge in [0.2, 0.25) is 0 Å². The number of aromatic nitrogens is 1. The van der Waals surface area contributed by atoms with Gasteiger partial charge in [-0.05, 0) is 154 Å². The number of fused-ring (bicyclic) bond motifs is 22. The molecule has 1 unspecified atom stereocenters. The molecule has 12 aromatic carbocycles. The van der Waals surface area contributed by atoms with E-state index < -0.39 is 10.8 Å². The topological polar surface area (TPSA) is 8.17 Å². The minimum absolute atomic E-state index is 0.124. The number of anilines is 3. The van der Waals surface area contributed by atoms with Crippen LogP contribution in [0.25, 0.3) is 82.8 Å². The molecule has 0 aliphatic heterocycles. The van der Waals surface area contributed by atoms with Crippen LogP contribution in [-0.2, 0) is 10.8 Å². The molecule has 0 saturated carbocycles. The third kappa shape index (κ3) is 4.91. The van der Waals surface area contributed by atoms with Crippen molar-refractivity contribution in [3.05, 3.63) is 311 Å². The minimum Gasteiger partial charge on any atom is -0.310 e. The fraction of sp³-hybridized carbons (Fsp3) is 0.0278. The van der Waals surface area contributed by atoms with Crippen molar-refractivity contribution < 1.29 is 8.22 Å². The molecule has 1 atom stereocenters. The van der Waals surface area contributed by atoms with Crippen LogP contribution in [0.3, 0.4) is 0 Å². The van der Waals surface area contributed by atoms with E-state index in [0.717, 1.165) is 72.4 Å². The van der Waals surface area contributed by atoms with E-state index in [9.17, 15) is 6.85 Å². The number of nitrogens with zero attached hydrogens (tertiary/aromatic N) is 2. The van der Waals surface area contributed by atoms with E-state index in [1.165, 1.54) is 44.5 Å². The summed E-state index contributed by atoms with van der Waals surface area (Å²) >= 11 is 0. The second kappa shape index (κ2) is 14.6. The van der Waals surface area contributed by atoms with Crippen LogP contribution < -0.4 is 4.90 Å². The Morgan fingerprint density at radius 3 is 1.30 bits per heavy atom. The van der Waals surface area contributed by atoms with Crippen LogP contribution in [0.1, 0.15) is 52.7 Å². The van der Waals surface area contributed by atoms with Crippen molar-refractivity contribution in [3.63, 3.8) is 0 Å². The molecule has 2 heteroatoms. The van der Waals surface area contributed by atoms with Crippen molar-refractivity contribution in [2.75, 3.05) is 4.90 Å². The molecule has 0 radical (unpaired) electrons. The molecular formula is C72H44N2. The van der Waals surface area contributed by atoms with Crippen molar-refractivity contribution in [1.82, 2.24) is 4.57 Å². The smallest absolute Gasteiger partial charge is 0.0726 e. The van der Waals surface area contributed by atoms with Crippen LogP contribution in [0.4, 0.5) is 17.1 Å². The highest BCUT2D eigenvalue weighted by Crippen LogP contribution is 2.65. The van der Waals surface area contributed by atoms with E-state index in [4.69, 9.17) is 1.37 Å². The summed E-state index contributed by atoms with van der Waals surface area (Å²) in [4.78, 5) is 2.38. The molecule has 4 aliphatic rings. The highest BCUT2D eigenvalue weighted by atomic mass is 15.1. The average Bonchev–Trinajstić information content (AvgIpc) is 4.18. The van der Waals surface area contributed by atoms with Crippen molar-refractivity contribution >= 4 is 49.6 Å². The zero-order chi connectivity index (χ0) is 53.5. The van der Waals surface area contributed by atoms with Gasteiger partial charge in [-0.15, -0.1) is 0 Å². The van der Waals surface area contributed by atoms with Gasteiger partial charge in [-0.2, -0.15) is 0 Å². The molecule has 1 aromatic heterocycles. The molecule has 2 spiro atoms. The number of hydrogen-bond donors (Lipinski definition) is 0. The molecule has 0 amide bonds. The van der Waals surface area contributed by atoms with Crippen LogP contribution >= 0.6 is 0 Å². The lowest BCUT2D eigenvalue weighted by Crippen LogP contribution is -2.32. The quantitative estimate of drug-likeness (QED) is 0.171. The lowest BCUT2D eigenvalue weighted by Gasteiger charge is -2.40. The van der Waals surface area contributed by atoms with Gasteiger partial charge < -0.3 is 9.47 Å². The molecule has 0 saturated heterocycles. The summed E-state index contributed by atoms with van der Waals surface area (Å²) in [6.07, 6.45) is 0. The first-order valence-electron chi connectivity index (χ1n) is 28.4. The molecule has 342 valence electrons. The number of rotatable bonds is 4. The normalized spacial score (nSPS) is 16.6. The molecule has 0 bridgehead atoms. The lowest BCUT2D eigenvalue weighted by molar-refractivity contribution is 0.773. The highest BCUT2D eigenvalue weighted by Gasteiger charge is 2.53. The maximum atomic E-state index is 10.1. The Hall–Kier alpha value is -9.50. The van der Waals surface area contributed by atoms with E-state index in [1.54, 1.807) is 0 Å². The van der Waals surface area contributed by atoms with Gasteiger partial charge in [0.15, 0.2) is 0 Å². The van der Waals surface area contributed by atoms with Crippen LogP contribution in [-0.4, -0.2) is 4.57 Å². The summed E-state index contributed by atoms with van der Waals surface area (Å²) < 4.78 is 59.3. The lowest BCUT2D eigenvalue weighted by atomic mass is 9.61. The Morgan fingerprint density at radius 1 is 0.311 bits per heavy atom. The van der Waals surface area contributed by atoms with Gasteiger partial charge in [0.1, 0.15) is 0 Å². The Labute approximate surface area is 437 Å². The maximum absolute atomic E-state index is 10.1. The summed E-state index contributed by atoms with van der Waals surface area (Å²) in [6.45, 7) is 0. The summed E-state index contributed by atoms with van der Waals surface area (Å²) in [7, 11) is 0. The molecule has 4 aliphatic carbocycles. The van der Waals surface area contributed by atoms with E-state index in [2.05, 4.69) is 210 Å². The summed E-state index contributed by atoms with van der Waals surface area (Å²) in [5, 5.41) is 2.83. The van der Waals surface area contributed by atoms with E-state index in [1.807, 2.05) is 30.3 Å². The fourth-order valence-corrected chi connectivity index (χ4v) is 14.2. The van der Waals surface area contributed by atoms with Gasteiger partial charge in [0, 0.05) is 33.5 Å². The fourth-order valence-electron chi connectivity index (χ4n) is 14.2. The zero-order valence-corrected chi connectivity index (χ0v) is 39.8. The van der Waals surface area contributed by atoms with Gasteiger partial charge in [-0.3, -0.25) is 0 Å². The highest BCUT2D eigenvalue weighted by molar-refractivity contribution is 6.11. The first kappa shape index (κ1) is 34.8. The van der Waals surface area contributed by atoms with E-state index in [0.29, 0.717) is 22.1 Å². The molecule has 0 fully saturated rings. The maximum Gasteiger partial charge on any atom is 0.0726 e. The third-order valence-corrected chi connectivity index (χ3v) is 16.9. The molecule has 2 nitrogen and oxygen atoms in total. The van der Waals surface area contributed by atoms with E-state index >= 15 is 0 Å².